The Labute approximate surface area is 122 Å². The first-order valence-corrected chi connectivity index (χ1v) is 6.94. The molecule has 0 N–H and O–H groups in total. The number of carbonyl (C=O) groups excluding carboxylic acids is 1. The van der Waals surface area contributed by atoms with Crippen LogP contribution in [0.3, 0.4) is 0 Å². The van der Waals surface area contributed by atoms with Crippen LogP contribution in [0.1, 0.15) is 23.1 Å². The fourth-order valence-corrected chi connectivity index (χ4v) is 2.36. The predicted octanol–water partition coefficient (Wildman–Crippen LogP) is 1.91. The second kappa shape index (κ2) is 5.65. The van der Waals surface area contributed by atoms with Crippen molar-refractivity contribution in [2.75, 3.05) is 19.8 Å². The van der Waals surface area contributed by atoms with Gasteiger partial charge >= 0.3 is 0 Å². The summed E-state index contributed by atoms with van der Waals surface area (Å²) in [5, 5.41) is 3.76. The number of hydrogen-bond donors (Lipinski definition) is 0. The number of nitrogens with zero attached hydrogens (tertiary/aromatic N) is 3. The third-order valence-corrected chi connectivity index (χ3v) is 3.53. The molecule has 1 fully saturated rings. The van der Waals surface area contributed by atoms with Crippen molar-refractivity contribution in [1.29, 1.82) is 0 Å². The highest BCUT2D eigenvalue weighted by molar-refractivity contribution is 5.94. The van der Waals surface area contributed by atoms with E-state index in [-0.39, 0.29) is 11.9 Å². The van der Waals surface area contributed by atoms with Crippen molar-refractivity contribution in [2.24, 2.45) is 0 Å². The van der Waals surface area contributed by atoms with Crippen LogP contribution in [0.15, 0.2) is 28.8 Å². The zero-order valence-electron chi connectivity index (χ0n) is 12.1. The fourth-order valence-electron chi connectivity index (χ4n) is 2.36. The predicted molar refractivity (Wildman–Crippen MR) is 75.8 cm³/mol. The molecule has 1 aromatic heterocycles. The fraction of sp³-hybridized carbons (Fsp3) is 0.400. The third kappa shape index (κ3) is 2.80. The highest BCUT2D eigenvalue weighted by atomic mass is 16.5. The molecule has 6 nitrogen and oxygen atoms in total. The summed E-state index contributed by atoms with van der Waals surface area (Å²) >= 11 is 0. The second-order valence-corrected chi connectivity index (χ2v) is 5.15. The van der Waals surface area contributed by atoms with Gasteiger partial charge in [-0.25, -0.2) is 0 Å². The summed E-state index contributed by atoms with van der Waals surface area (Å²) in [5.74, 6) is 1.08. The Bertz CT molecular complexity index is 636. The average Bonchev–Trinajstić information content (AvgIpc) is 2.94. The lowest BCUT2D eigenvalue weighted by Gasteiger charge is -2.33. The van der Waals surface area contributed by atoms with E-state index in [4.69, 9.17) is 9.26 Å². The van der Waals surface area contributed by atoms with Gasteiger partial charge in [0, 0.05) is 17.7 Å². The Hall–Kier alpha value is -2.21. The molecule has 1 aliphatic heterocycles. The first-order valence-electron chi connectivity index (χ1n) is 6.94. The van der Waals surface area contributed by atoms with Crippen LogP contribution in [0.4, 0.5) is 0 Å². The van der Waals surface area contributed by atoms with Gasteiger partial charge in [0.1, 0.15) is 0 Å². The van der Waals surface area contributed by atoms with Crippen LogP contribution in [0, 0.1) is 6.92 Å². The van der Waals surface area contributed by atoms with Gasteiger partial charge in [-0.1, -0.05) is 5.16 Å². The normalized spacial score (nSPS) is 18.8. The van der Waals surface area contributed by atoms with Crippen LogP contribution in [0.5, 0.6) is 0 Å². The van der Waals surface area contributed by atoms with Crippen molar-refractivity contribution in [2.45, 2.75) is 19.9 Å². The van der Waals surface area contributed by atoms with Gasteiger partial charge in [0.2, 0.25) is 0 Å². The molecule has 0 unspecified atom stereocenters. The van der Waals surface area contributed by atoms with Gasteiger partial charge in [-0.05, 0) is 38.1 Å². The minimum absolute atomic E-state index is 0.0269. The number of amides is 1. The molecule has 1 amide bonds. The first-order chi connectivity index (χ1) is 10.1. The average molecular weight is 287 g/mol. The van der Waals surface area contributed by atoms with E-state index >= 15 is 0 Å². The molecule has 1 aliphatic rings. The summed E-state index contributed by atoms with van der Waals surface area (Å²) in [4.78, 5) is 18.5. The molecule has 110 valence electrons. The van der Waals surface area contributed by atoms with Crippen molar-refractivity contribution < 1.29 is 14.1 Å². The van der Waals surface area contributed by atoms with Gasteiger partial charge in [0.15, 0.2) is 5.82 Å². The van der Waals surface area contributed by atoms with Crippen LogP contribution in [-0.2, 0) is 4.74 Å². The summed E-state index contributed by atoms with van der Waals surface area (Å²) in [6, 6.07) is 7.33. The Kier molecular flexibility index (Phi) is 3.70. The number of hydrogen-bond acceptors (Lipinski definition) is 5. The van der Waals surface area contributed by atoms with Gasteiger partial charge in [-0.3, -0.25) is 4.79 Å². The summed E-state index contributed by atoms with van der Waals surface area (Å²) < 4.78 is 10.5. The number of aryl methyl sites for hydroxylation is 1. The lowest BCUT2D eigenvalue weighted by molar-refractivity contribution is 0.00359. The van der Waals surface area contributed by atoms with Crippen LogP contribution < -0.4 is 0 Å². The Balaban J connectivity index is 1.79. The number of aromatic nitrogens is 2. The topological polar surface area (TPSA) is 68.5 Å². The van der Waals surface area contributed by atoms with Gasteiger partial charge in [-0.2, -0.15) is 4.98 Å². The standard InChI is InChI=1S/C15H17N3O3/c1-10-9-20-8-7-18(10)15(19)13-5-3-12(4-6-13)14-16-11(2)17-21-14/h3-6,10H,7-9H2,1-2H3/t10-/m1/s1. The van der Waals surface area contributed by atoms with Crippen molar-refractivity contribution in [3.63, 3.8) is 0 Å². The summed E-state index contributed by atoms with van der Waals surface area (Å²) in [6.07, 6.45) is 0. The van der Waals surface area contributed by atoms with Gasteiger partial charge in [0.05, 0.1) is 19.3 Å². The van der Waals surface area contributed by atoms with Crippen molar-refractivity contribution in [3.05, 3.63) is 35.7 Å². The van der Waals surface area contributed by atoms with Crippen molar-refractivity contribution in [3.8, 4) is 11.5 Å². The lowest BCUT2D eigenvalue weighted by atomic mass is 10.1. The van der Waals surface area contributed by atoms with Gasteiger partial charge in [-0.15, -0.1) is 0 Å². The quantitative estimate of drug-likeness (QED) is 0.844. The molecule has 0 aliphatic carbocycles. The summed E-state index contributed by atoms with van der Waals surface area (Å²) in [6.45, 7) is 5.57. The molecule has 2 aromatic rings. The van der Waals surface area contributed by atoms with E-state index in [1.54, 1.807) is 19.1 Å². The molecule has 0 spiro atoms. The largest absolute Gasteiger partial charge is 0.377 e. The van der Waals surface area contributed by atoms with Crippen LogP contribution in [-0.4, -0.2) is 46.7 Å². The van der Waals surface area contributed by atoms with Crippen LogP contribution >= 0.6 is 0 Å². The second-order valence-electron chi connectivity index (χ2n) is 5.15. The number of ether oxygens (including phenoxy) is 1. The minimum atomic E-state index is 0.0269. The summed E-state index contributed by atoms with van der Waals surface area (Å²) in [7, 11) is 0. The zero-order chi connectivity index (χ0) is 14.8. The van der Waals surface area contributed by atoms with Gasteiger partial charge < -0.3 is 14.2 Å². The SMILES string of the molecule is Cc1noc(-c2ccc(C(=O)N3CCOC[C@H]3C)cc2)n1. The molecular formula is C15H17N3O3. The maximum atomic E-state index is 12.5. The van der Waals surface area contributed by atoms with Crippen molar-refractivity contribution in [1.82, 2.24) is 15.0 Å². The molecule has 1 saturated heterocycles. The van der Waals surface area contributed by atoms with Gasteiger partial charge in [0.25, 0.3) is 11.8 Å². The number of carbonyl (C=O) groups is 1. The Morgan fingerprint density at radius 3 is 2.71 bits per heavy atom. The van der Waals surface area contributed by atoms with E-state index in [0.29, 0.717) is 37.0 Å². The van der Waals surface area contributed by atoms with E-state index in [1.807, 2.05) is 24.0 Å². The van der Waals surface area contributed by atoms with E-state index in [1.165, 1.54) is 0 Å². The van der Waals surface area contributed by atoms with Crippen LogP contribution in [0.25, 0.3) is 11.5 Å². The number of benzene rings is 1. The Morgan fingerprint density at radius 1 is 1.33 bits per heavy atom. The third-order valence-electron chi connectivity index (χ3n) is 3.53. The highest BCUT2D eigenvalue weighted by Crippen LogP contribution is 2.19. The molecule has 0 saturated carbocycles. The summed E-state index contributed by atoms with van der Waals surface area (Å²) in [5.41, 5.74) is 1.46. The molecule has 0 radical (unpaired) electrons. The number of morpholine rings is 1. The molecular weight excluding hydrogens is 270 g/mol. The van der Waals surface area contributed by atoms with E-state index in [0.717, 1.165) is 5.56 Å². The minimum Gasteiger partial charge on any atom is -0.377 e. The molecule has 21 heavy (non-hydrogen) atoms. The van der Waals surface area contributed by atoms with Crippen LogP contribution in [0.2, 0.25) is 0 Å². The van der Waals surface area contributed by atoms with E-state index in [9.17, 15) is 4.79 Å². The molecule has 2 heterocycles. The van der Waals surface area contributed by atoms with E-state index in [2.05, 4.69) is 10.1 Å². The Morgan fingerprint density at radius 2 is 2.10 bits per heavy atom. The number of rotatable bonds is 2. The molecule has 3 rings (SSSR count). The lowest BCUT2D eigenvalue weighted by Crippen LogP contribution is -2.47. The zero-order valence-corrected chi connectivity index (χ0v) is 12.1. The monoisotopic (exact) mass is 287 g/mol. The molecule has 1 atom stereocenters. The van der Waals surface area contributed by atoms with Crippen molar-refractivity contribution >= 4 is 5.91 Å². The first kappa shape index (κ1) is 13.8. The maximum Gasteiger partial charge on any atom is 0.257 e. The molecule has 1 aromatic carbocycles. The molecule has 6 heteroatoms. The smallest absolute Gasteiger partial charge is 0.257 e. The molecule has 0 bridgehead atoms. The highest BCUT2D eigenvalue weighted by Gasteiger charge is 2.24. The maximum absolute atomic E-state index is 12.5. The van der Waals surface area contributed by atoms with E-state index < -0.39 is 0 Å².